The van der Waals surface area contributed by atoms with Gasteiger partial charge in [-0.3, -0.25) is 9.59 Å². The Morgan fingerprint density at radius 3 is 2.12 bits per heavy atom. The molecule has 2 amide bonds. The van der Waals surface area contributed by atoms with Gasteiger partial charge in [0.05, 0.1) is 29.7 Å². The molecule has 0 saturated carbocycles. The molecule has 170 valence electrons. The van der Waals surface area contributed by atoms with Gasteiger partial charge in [0.2, 0.25) is 15.9 Å². The van der Waals surface area contributed by atoms with Crippen molar-refractivity contribution in [3.05, 3.63) is 59.1 Å². The molecule has 1 atom stereocenters. The maximum atomic E-state index is 13.5. The summed E-state index contributed by atoms with van der Waals surface area (Å²) in [4.78, 5) is 38.6. The number of rotatable bonds is 5. The fourth-order valence-corrected chi connectivity index (χ4v) is 5.70. The van der Waals surface area contributed by atoms with Crippen LogP contribution in [0.25, 0.3) is 0 Å². The van der Waals surface area contributed by atoms with Gasteiger partial charge >= 0.3 is 5.97 Å². The van der Waals surface area contributed by atoms with Crippen LogP contribution in [-0.2, 0) is 24.3 Å². The molecule has 0 bridgehead atoms. The van der Waals surface area contributed by atoms with Crippen LogP contribution in [0.3, 0.4) is 0 Å². The number of carbonyl (C=O) groups excluding carboxylic acids is 3. The monoisotopic (exact) mass is 478 g/mol. The number of amides is 2. The van der Waals surface area contributed by atoms with E-state index >= 15 is 0 Å². The number of sulfonamides is 1. The van der Waals surface area contributed by atoms with Gasteiger partial charge in [0.1, 0.15) is 6.04 Å². The first-order chi connectivity index (χ1) is 14.9. The van der Waals surface area contributed by atoms with Gasteiger partial charge in [-0.15, -0.1) is 0 Å². The normalized spacial score (nSPS) is 17.2. The summed E-state index contributed by atoms with van der Waals surface area (Å²) < 4.78 is 32.7. The SMILES string of the molecule is COC(=O)c1ccc(N2C(=O)CC(N(C(C)(C)C)S(=O)(=O)c3ccc(Cl)cc3)C2=O)cc1. The molecule has 10 heteroatoms. The fraction of sp³-hybridized carbons (Fsp3) is 0.318. The Labute approximate surface area is 191 Å². The second-order valence-electron chi connectivity index (χ2n) is 8.25. The maximum Gasteiger partial charge on any atom is 0.337 e. The number of nitrogens with zero attached hydrogens (tertiary/aromatic N) is 2. The number of imide groups is 1. The van der Waals surface area contributed by atoms with Gasteiger partial charge in [0, 0.05) is 10.6 Å². The molecule has 3 rings (SSSR count). The number of hydrogen-bond acceptors (Lipinski definition) is 6. The molecule has 0 N–H and O–H groups in total. The molecule has 8 nitrogen and oxygen atoms in total. The molecule has 1 heterocycles. The van der Waals surface area contributed by atoms with Gasteiger partial charge in [-0.25, -0.2) is 18.1 Å². The zero-order valence-corrected chi connectivity index (χ0v) is 19.6. The van der Waals surface area contributed by atoms with Gasteiger partial charge in [-0.05, 0) is 69.3 Å². The first-order valence-corrected chi connectivity index (χ1v) is 11.5. The Morgan fingerprint density at radius 2 is 1.62 bits per heavy atom. The molecule has 1 unspecified atom stereocenters. The largest absolute Gasteiger partial charge is 0.465 e. The Morgan fingerprint density at radius 1 is 1.06 bits per heavy atom. The number of esters is 1. The number of benzene rings is 2. The zero-order chi connectivity index (χ0) is 23.8. The molecule has 1 saturated heterocycles. The Hall–Kier alpha value is -2.75. The van der Waals surface area contributed by atoms with E-state index < -0.39 is 39.4 Å². The van der Waals surface area contributed by atoms with Crippen molar-refractivity contribution < 1.29 is 27.5 Å². The summed E-state index contributed by atoms with van der Waals surface area (Å²) >= 11 is 5.88. The van der Waals surface area contributed by atoms with Crippen LogP contribution in [0.5, 0.6) is 0 Å². The van der Waals surface area contributed by atoms with Crippen LogP contribution in [0.2, 0.25) is 5.02 Å². The molecule has 0 radical (unpaired) electrons. The lowest BCUT2D eigenvalue weighted by Crippen LogP contribution is -2.54. The summed E-state index contributed by atoms with van der Waals surface area (Å²) in [5.74, 6) is -1.75. The van der Waals surface area contributed by atoms with Gasteiger partial charge in [-0.1, -0.05) is 11.6 Å². The van der Waals surface area contributed by atoms with E-state index in [1.165, 1.54) is 55.6 Å². The van der Waals surface area contributed by atoms with E-state index in [-0.39, 0.29) is 22.6 Å². The number of carbonyl (C=O) groups is 3. The lowest BCUT2D eigenvalue weighted by molar-refractivity contribution is -0.122. The first kappa shape index (κ1) is 23.9. The molecule has 0 aliphatic carbocycles. The van der Waals surface area contributed by atoms with E-state index in [1.807, 2.05) is 0 Å². The molecular formula is C22H23ClN2O6S. The third-order valence-corrected chi connectivity index (χ3v) is 7.42. The van der Waals surface area contributed by atoms with Crippen molar-refractivity contribution in [3.8, 4) is 0 Å². The average molecular weight is 479 g/mol. The minimum atomic E-state index is -4.13. The van der Waals surface area contributed by atoms with Gasteiger partial charge in [-0.2, -0.15) is 4.31 Å². The van der Waals surface area contributed by atoms with Crippen molar-refractivity contribution >= 4 is 45.1 Å². The summed E-state index contributed by atoms with van der Waals surface area (Å²) in [7, 11) is -2.88. The average Bonchev–Trinajstić information content (AvgIpc) is 3.00. The third-order valence-electron chi connectivity index (χ3n) is 4.98. The highest BCUT2D eigenvalue weighted by molar-refractivity contribution is 7.89. The maximum absolute atomic E-state index is 13.5. The highest BCUT2D eigenvalue weighted by atomic mass is 35.5. The predicted molar refractivity (Wildman–Crippen MR) is 119 cm³/mol. The standard InChI is InChI=1S/C22H23ClN2O6S/c1-22(2,3)25(32(29,30)17-11-7-15(23)8-12-17)18-13-19(26)24(20(18)27)16-9-5-14(6-10-16)21(28)31-4/h5-12,18H,13H2,1-4H3. The van der Waals surface area contributed by atoms with Crippen LogP contribution >= 0.6 is 11.6 Å². The summed E-state index contributed by atoms with van der Waals surface area (Å²) in [5, 5.41) is 0.375. The van der Waals surface area contributed by atoms with E-state index in [0.29, 0.717) is 5.02 Å². The van der Waals surface area contributed by atoms with Gasteiger partial charge in [0.25, 0.3) is 5.91 Å². The van der Waals surface area contributed by atoms with E-state index in [0.717, 1.165) is 9.21 Å². The van der Waals surface area contributed by atoms with Crippen molar-refractivity contribution in [3.63, 3.8) is 0 Å². The lowest BCUT2D eigenvalue weighted by atomic mass is 10.1. The molecule has 1 aliphatic heterocycles. The second kappa shape index (κ2) is 8.65. The molecule has 2 aromatic rings. The highest BCUT2D eigenvalue weighted by Crippen LogP contribution is 2.34. The molecular weight excluding hydrogens is 456 g/mol. The molecule has 0 aromatic heterocycles. The number of ether oxygens (including phenoxy) is 1. The second-order valence-corrected chi connectivity index (χ2v) is 10.5. The quantitative estimate of drug-likeness (QED) is 0.483. The number of anilines is 1. The summed E-state index contributed by atoms with van der Waals surface area (Å²) in [6.45, 7) is 4.98. The van der Waals surface area contributed by atoms with Crippen molar-refractivity contribution in [2.45, 2.75) is 43.7 Å². The molecule has 2 aromatic carbocycles. The molecule has 1 fully saturated rings. The smallest absolute Gasteiger partial charge is 0.337 e. The topological polar surface area (TPSA) is 101 Å². The van der Waals surface area contributed by atoms with Crippen LogP contribution in [0.4, 0.5) is 5.69 Å². The number of methoxy groups -OCH3 is 1. The van der Waals surface area contributed by atoms with Crippen LogP contribution in [0, 0.1) is 0 Å². The minimum absolute atomic E-state index is 0.0297. The summed E-state index contributed by atoms with van der Waals surface area (Å²) in [6.07, 6.45) is -0.304. The van der Waals surface area contributed by atoms with Crippen LogP contribution in [-0.4, -0.2) is 49.2 Å². The Balaban J connectivity index is 1.99. The Bertz CT molecular complexity index is 1150. The van der Waals surface area contributed by atoms with E-state index in [1.54, 1.807) is 20.8 Å². The van der Waals surface area contributed by atoms with Crippen molar-refractivity contribution in [2.24, 2.45) is 0 Å². The van der Waals surface area contributed by atoms with Gasteiger partial charge < -0.3 is 4.74 Å². The fourth-order valence-electron chi connectivity index (χ4n) is 3.65. The number of hydrogen-bond donors (Lipinski definition) is 0. The van der Waals surface area contributed by atoms with Crippen LogP contribution in [0.1, 0.15) is 37.6 Å². The third kappa shape index (κ3) is 4.41. The Kier molecular flexibility index (Phi) is 6.46. The van der Waals surface area contributed by atoms with Crippen molar-refractivity contribution in [1.82, 2.24) is 4.31 Å². The molecule has 0 spiro atoms. The number of halogens is 1. The van der Waals surface area contributed by atoms with Crippen LogP contribution < -0.4 is 4.90 Å². The first-order valence-electron chi connectivity index (χ1n) is 9.73. The van der Waals surface area contributed by atoms with Crippen molar-refractivity contribution in [2.75, 3.05) is 12.0 Å². The summed E-state index contributed by atoms with van der Waals surface area (Å²) in [6, 6.07) is 10.2. The lowest BCUT2D eigenvalue weighted by Gasteiger charge is -2.37. The van der Waals surface area contributed by atoms with Crippen molar-refractivity contribution in [1.29, 1.82) is 0 Å². The van der Waals surface area contributed by atoms with E-state index in [9.17, 15) is 22.8 Å². The molecule has 1 aliphatic rings. The van der Waals surface area contributed by atoms with Crippen LogP contribution in [0.15, 0.2) is 53.4 Å². The predicted octanol–water partition coefficient (Wildman–Crippen LogP) is 3.25. The molecule has 32 heavy (non-hydrogen) atoms. The highest BCUT2D eigenvalue weighted by Gasteiger charge is 2.50. The zero-order valence-electron chi connectivity index (χ0n) is 18.0. The summed E-state index contributed by atoms with van der Waals surface area (Å²) in [5.41, 5.74) is -0.495. The minimum Gasteiger partial charge on any atom is -0.465 e. The van der Waals surface area contributed by atoms with Gasteiger partial charge in [0.15, 0.2) is 0 Å². The van der Waals surface area contributed by atoms with E-state index in [4.69, 9.17) is 11.6 Å². The van der Waals surface area contributed by atoms with E-state index in [2.05, 4.69) is 4.74 Å².